The third kappa shape index (κ3) is 3.37. The summed E-state index contributed by atoms with van der Waals surface area (Å²) in [6.07, 6.45) is 4.07. The summed E-state index contributed by atoms with van der Waals surface area (Å²) in [6, 6.07) is 7.15. The smallest absolute Gasteiger partial charge is 0.0369 e. The van der Waals surface area contributed by atoms with Gasteiger partial charge in [0.05, 0.1) is 0 Å². The highest BCUT2D eigenvalue weighted by Gasteiger charge is 2.26. The summed E-state index contributed by atoms with van der Waals surface area (Å²) in [5.74, 6) is 0. The van der Waals surface area contributed by atoms with E-state index in [1.807, 2.05) is 0 Å². The Balaban J connectivity index is 2.43. The average molecular weight is 273 g/mol. The Morgan fingerprint density at radius 1 is 0.750 bits per heavy atom. The van der Waals surface area contributed by atoms with Crippen LogP contribution in [0.5, 0.6) is 0 Å². The third-order valence-electron chi connectivity index (χ3n) is 4.34. The average Bonchev–Trinajstić information content (AvgIpc) is 2.37. The SMILES string of the molecule is CC(C)(C)c1ccc(N2CCCCC2)cc1C(C)(C)C. The van der Waals surface area contributed by atoms with E-state index in [1.165, 1.54) is 49.2 Å². The van der Waals surface area contributed by atoms with Crippen molar-refractivity contribution >= 4 is 5.69 Å². The topological polar surface area (TPSA) is 3.24 Å². The predicted molar refractivity (Wildman–Crippen MR) is 89.9 cm³/mol. The highest BCUT2D eigenvalue weighted by molar-refractivity contribution is 5.54. The Morgan fingerprint density at radius 3 is 1.80 bits per heavy atom. The van der Waals surface area contributed by atoms with E-state index in [2.05, 4.69) is 64.6 Å². The molecular formula is C19H31N. The number of benzene rings is 1. The van der Waals surface area contributed by atoms with Gasteiger partial charge in [0.2, 0.25) is 0 Å². The molecule has 1 aliphatic heterocycles. The van der Waals surface area contributed by atoms with E-state index < -0.39 is 0 Å². The van der Waals surface area contributed by atoms with E-state index in [0.717, 1.165) is 0 Å². The van der Waals surface area contributed by atoms with Crippen LogP contribution in [0.3, 0.4) is 0 Å². The molecular weight excluding hydrogens is 242 g/mol. The lowest BCUT2D eigenvalue weighted by Gasteiger charge is -2.34. The zero-order valence-corrected chi connectivity index (χ0v) is 14.2. The number of piperidine rings is 1. The molecule has 1 saturated heterocycles. The van der Waals surface area contributed by atoms with Gasteiger partial charge in [-0.05, 0) is 53.4 Å². The highest BCUT2D eigenvalue weighted by Crippen LogP contribution is 2.36. The molecule has 0 aliphatic carbocycles. The summed E-state index contributed by atoms with van der Waals surface area (Å²) in [4.78, 5) is 2.56. The van der Waals surface area contributed by atoms with Gasteiger partial charge in [-0.3, -0.25) is 0 Å². The summed E-state index contributed by atoms with van der Waals surface area (Å²) in [5, 5.41) is 0. The Hall–Kier alpha value is -0.980. The van der Waals surface area contributed by atoms with Gasteiger partial charge in [-0.2, -0.15) is 0 Å². The molecule has 1 aromatic carbocycles. The summed E-state index contributed by atoms with van der Waals surface area (Å²) in [7, 11) is 0. The first-order chi connectivity index (χ1) is 9.19. The van der Waals surface area contributed by atoms with Gasteiger partial charge in [0.15, 0.2) is 0 Å². The van der Waals surface area contributed by atoms with Crippen LogP contribution in [0.25, 0.3) is 0 Å². The zero-order chi connectivity index (χ0) is 15.0. The lowest BCUT2D eigenvalue weighted by Crippen LogP contribution is -2.30. The van der Waals surface area contributed by atoms with Crippen molar-refractivity contribution in [3.63, 3.8) is 0 Å². The number of rotatable bonds is 1. The van der Waals surface area contributed by atoms with E-state index in [-0.39, 0.29) is 10.8 Å². The van der Waals surface area contributed by atoms with Crippen molar-refractivity contribution in [2.45, 2.75) is 71.6 Å². The Bertz CT molecular complexity index is 454. The maximum atomic E-state index is 2.56. The van der Waals surface area contributed by atoms with Crippen LogP contribution in [0.2, 0.25) is 0 Å². The second-order valence-electron chi connectivity index (χ2n) is 8.28. The van der Waals surface area contributed by atoms with Crippen molar-refractivity contribution in [2.24, 2.45) is 0 Å². The molecule has 0 saturated carbocycles. The Labute approximate surface area is 125 Å². The van der Waals surface area contributed by atoms with Gasteiger partial charge in [0, 0.05) is 18.8 Å². The fraction of sp³-hybridized carbons (Fsp3) is 0.684. The molecule has 0 radical (unpaired) electrons. The van der Waals surface area contributed by atoms with E-state index in [4.69, 9.17) is 0 Å². The first kappa shape index (κ1) is 15.4. The maximum Gasteiger partial charge on any atom is 0.0369 e. The minimum atomic E-state index is 0.203. The van der Waals surface area contributed by atoms with Gasteiger partial charge in [-0.15, -0.1) is 0 Å². The molecule has 1 heteroatoms. The molecule has 0 aromatic heterocycles. The summed E-state index contributed by atoms with van der Waals surface area (Å²) >= 11 is 0. The molecule has 0 spiro atoms. The van der Waals surface area contributed by atoms with Crippen molar-refractivity contribution in [1.82, 2.24) is 0 Å². The van der Waals surface area contributed by atoms with Crippen LogP contribution in [0.15, 0.2) is 18.2 Å². The second kappa shape index (κ2) is 5.42. The van der Waals surface area contributed by atoms with Crippen molar-refractivity contribution < 1.29 is 0 Å². The molecule has 0 atom stereocenters. The van der Waals surface area contributed by atoms with Crippen LogP contribution in [0.4, 0.5) is 5.69 Å². The molecule has 2 rings (SSSR count). The molecule has 1 aromatic rings. The molecule has 0 amide bonds. The zero-order valence-electron chi connectivity index (χ0n) is 14.2. The first-order valence-electron chi connectivity index (χ1n) is 8.09. The number of anilines is 1. The molecule has 0 unspecified atom stereocenters. The van der Waals surface area contributed by atoms with Crippen molar-refractivity contribution in [3.8, 4) is 0 Å². The normalized spacial score (nSPS) is 17.4. The van der Waals surface area contributed by atoms with Crippen LogP contribution >= 0.6 is 0 Å². The van der Waals surface area contributed by atoms with Crippen molar-refractivity contribution in [3.05, 3.63) is 29.3 Å². The molecule has 1 aliphatic rings. The summed E-state index contributed by atoms with van der Waals surface area (Å²) in [6.45, 7) is 16.4. The molecule has 1 nitrogen and oxygen atoms in total. The van der Waals surface area contributed by atoms with Gasteiger partial charge in [-0.25, -0.2) is 0 Å². The fourth-order valence-corrected chi connectivity index (χ4v) is 3.16. The van der Waals surface area contributed by atoms with E-state index in [0.29, 0.717) is 0 Å². The molecule has 20 heavy (non-hydrogen) atoms. The second-order valence-corrected chi connectivity index (χ2v) is 8.28. The molecule has 0 N–H and O–H groups in total. The minimum Gasteiger partial charge on any atom is -0.372 e. The van der Waals surface area contributed by atoms with Crippen LogP contribution in [0.1, 0.15) is 71.9 Å². The van der Waals surface area contributed by atoms with Gasteiger partial charge in [0.1, 0.15) is 0 Å². The quantitative estimate of drug-likeness (QED) is 0.673. The summed E-state index contributed by atoms with van der Waals surface area (Å²) in [5.41, 5.74) is 4.83. The van der Waals surface area contributed by atoms with Crippen molar-refractivity contribution in [1.29, 1.82) is 0 Å². The van der Waals surface area contributed by atoms with Crippen LogP contribution in [-0.2, 0) is 10.8 Å². The number of nitrogens with zero attached hydrogens (tertiary/aromatic N) is 1. The van der Waals surface area contributed by atoms with Crippen molar-refractivity contribution in [2.75, 3.05) is 18.0 Å². The molecule has 1 heterocycles. The van der Waals surface area contributed by atoms with Gasteiger partial charge in [0.25, 0.3) is 0 Å². The van der Waals surface area contributed by atoms with Crippen LogP contribution < -0.4 is 4.90 Å². The number of hydrogen-bond acceptors (Lipinski definition) is 1. The van der Waals surface area contributed by atoms with Gasteiger partial charge >= 0.3 is 0 Å². The monoisotopic (exact) mass is 273 g/mol. The largest absolute Gasteiger partial charge is 0.372 e. The van der Waals surface area contributed by atoms with Crippen LogP contribution in [-0.4, -0.2) is 13.1 Å². The third-order valence-corrected chi connectivity index (χ3v) is 4.34. The van der Waals surface area contributed by atoms with Gasteiger partial charge in [-0.1, -0.05) is 47.6 Å². The van der Waals surface area contributed by atoms with E-state index in [9.17, 15) is 0 Å². The molecule has 0 bridgehead atoms. The van der Waals surface area contributed by atoms with E-state index in [1.54, 1.807) is 0 Å². The molecule has 1 fully saturated rings. The Morgan fingerprint density at radius 2 is 1.30 bits per heavy atom. The summed E-state index contributed by atoms with van der Waals surface area (Å²) < 4.78 is 0. The lowest BCUT2D eigenvalue weighted by molar-refractivity contribution is 0.528. The predicted octanol–water partition coefficient (Wildman–Crippen LogP) is 5.27. The number of hydrogen-bond donors (Lipinski definition) is 0. The lowest BCUT2D eigenvalue weighted by atomic mass is 9.75. The van der Waals surface area contributed by atoms with Gasteiger partial charge < -0.3 is 4.90 Å². The van der Waals surface area contributed by atoms with E-state index >= 15 is 0 Å². The fourth-order valence-electron chi connectivity index (χ4n) is 3.16. The first-order valence-corrected chi connectivity index (χ1v) is 8.09. The Kier molecular flexibility index (Phi) is 4.18. The van der Waals surface area contributed by atoms with Crippen LogP contribution in [0, 0.1) is 0 Å². The standard InChI is InChI=1S/C19H31N/c1-18(2,3)16-11-10-15(14-17(16)19(4,5)6)20-12-8-7-9-13-20/h10-11,14H,7-9,12-13H2,1-6H3. The minimum absolute atomic E-state index is 0.203. The highest BCUT2D eigenvalue weighted by atomic mass is 15.1. The maximum absolute atomic E-state index is 2.56. The molecule has 112 valence electrons.